The lowest BCUT2D eigenvalue weighted by atomic mass is 9.97. The Morgan fingerprint density at radius 3 is 2.42 bits per heavy atom. The van der Waals surface area contributed by atoms with Crippen LogP contribution in [0.3, 0.4) is 0 Å². The van der Waals surface area contributed by atoms with Crippen molar-refractivity contribution in [2.75, 3.05) is 4.90 Å². The van der Waals surface area contributed by atoms with E-state index in [1.54, 1.807) is 11.0 Å². The van der Waals surface area contributed by atoms with Gasteiger partial charge < -0.3 is 9.15 Å². The summed E-state index contributed by atoms with van der Waals surface area (Å²) < 4.78 is 12.2. The van der Waals surface area contributed by atoms with Crippen molar-refractivity contribution in [2.45, 2.75) is 33.4 Å². The number of nitrogens with zero attached hydrogens (tertiary/aromatic N) is 1. The first-order chi connectivity index (χ1) is 18.4. The molecule has 1 aliphatic rings. The van der Waals surface area contributed by atoms with Crippen LogP contribution in [0.4, 0.5) is 5.69 Å². The molecule has 38 heavy (non-hydrogen) atoms. The van der Waals surface area contributed by atoms with Gasteiger partial charge in [-0.15, -0.1) is 0 Å². The number of benzene rings is 4. The van der Waals surface area contributed by atoms with Crippen LogP contribution in [-0.2, 0) is 6.61 Å². The van der Waals surface area contributed by atoms with Crippen LogP contribution >= 0.6 is 0 Å². The highest BCUT2D eigenvalue weighted by Crippen LogP contribution is 2.42. The average molecular weight is 502 g/mol. The van der Waals surface area contributed by atoms with E-state index in [0.717, 1.165) is 27.8 Å². The van der Waals surface area contributed by atoms with Gasteiger partial charge in [0.2, 0.25) is 5.76 Å². The highest BCUT2D eigenvalue weighted by atomic mass is 16.5. The Morgan fingerprint density at radius 2 is 1.63 bits per heavy atom. The maximum atomic E-state index is 13.9. The molecule has 0 fully saturated rings. The predicted octanol–water partition coefficient (Wildman–Crippen LogP) is 7.05. The topological polar surface area (TPSA) is 59.8 Å². The second kappa shape index (κ2) is 9.34. The van der Waals surface area contributed by atoms with Gasteiger partial charge >= 0.3 is 0 Å². The summed E-state index contributed by atoms with van der Waals surface area (Å²) in [4.78, 5) is 29.5. The third-order valence-corrected chi connectivity index (χ3v) is 7.22. The smallest absolute Gasteiger partial charge is 0.295 e. The van der Waals surface area contributed by atoms with Gasteiger partial charge in [0.1, 0.15) is 17.9 Å². The molecule has 1 unspecified atom stereocenters. The molecule has 0 bridgehead atoms. The molecular weight excluding hydrogens is 474 g/mol. The van der Waals surface area contributed by atoms with Crippen molar-refractivity contribution in [1.29, 1.82) is 0 Å². The molecule has 1 atom stereocenters. The SMILES string of the molecule is Cc1ccc2oc3c(c(=O)c2c1)C(c1cccc(OCc2ccccc2)c1)N(c1ccc(C)c(C)c1)C3=O. The number of carbonyl (C=O) groups excluding carboxylic acids is 1. The van der Waals surface area contributed by atoms with Crippen molar-refractivity contribution in [2.24, 2.45) is 0 Å². The molecule has 188 valence electrons. The molecule has 6 rings (SSSR count). The van der Waals surface area contributed by atoms with E-state index < -0.39 is 6.04 Å². The highest BCUT2D eigenvalue weighted by molar-refractivity contribution is 6.10. The van der Waals surface area contributed by atoms with Crippen LogP contribution in [0.25, 0.3) is 11.0 Å². The monoisotopic (exact) mass is 501 g/mol. The fourth-order valence-corrected chi connectivity index (χ4v) is 5.06. The molecule has 5 nitrogen and oxygen atoms in total. The Kier molecular flexibility index (Phi) is 5.84. The lowest BCUT2D eigenvalue weighted by Crippen LogP contribution is -2.29. The van der Waals surface area contributed by atoms with Crippen molar-refractivity contribution < 1.29 is 13.9 Å². The van der Waals surface area contributed by atoms with E-state index >= 15 is 0 Å². The standard InChI is InChI=1S/C33H27NO4/c1-20-12-15-28-27(16-20)31(35)29-30(24-10-7-11-26(18-24)37-19-23-8-5-4-6-9-23)34(33(36)32(29)38-28)25-14-13-21(2)22(3)17-25/h4-18,30H,19H2,1-3H3. The molecule has 0 aliphatic carbocycles. The zero-order valence-corrected chi connectivity index (χ0v) is 21.5. The van der Waals surface area contributed by atoms with Gasteiger partial charge in [-0.2, -0.15) is 0 Å². The van der Waals surface area contributed by atoms with Crippen LogP contribution in [0.2, 0.25) is 0 Å². The van der Waals surface area contributed by atoms with E-state index in [2.05, 4.69) is 0 Å². The number of hydrogen-bond donors (Lipinski definition) is 0. The largest absolute Gasteiger partial charge is 0.489 e. The Bertz CT molecular complexity index is 1750. The van der Waals surface area contributed by atoms with Gasteiger partial charge in [0, 0.05) is 5.69 Å². The molecule has 0 saturated carbocycles. The number of amides is 1. The van der Waals surface area contributed by atoms with Gasteiger partial charge in [-0.1, -0.05) is 60.2 Å². The summed E-state index contributed by atoms with van der Waals surface area (Å²) >= 11 is 0. The lowest BCUT2D eigenvalue weighted by Gasteiger charge is -2.26. The number of carbonyl (C=O) groups is 1. The Hall–Kier alpha value is -4.64. The second-order valence-electron chi connectivity index (χ2n) is 9.87. The average Bonchev–Trinajstić information content (AvgIpc) is 3.22. The second-order valence-corrected chi connectivity index (χ2v) is 9.87. The maximum absolute atomic E-state index is 13.9. The van der Waals surface area contributed by atoms with Crippen LogP contribution < -0.4 is 15.1 Å². The molecule has 4 aromatic carbocycles. The minimum Gasteiger partial charge on any atom is -0.489 e. The minimum absolute atomic E-state index is 0.0881. The summed E-state index contributed by atoms with van der Waals surface area (Å²) in [6.07, 6.45) is 0. The summed E-state index contributed by atoms with van der Waals surface area (Å²) in [5.74, 6) is 0.418. The van der Waals surface area contributed by atoms with Crippen molar-refractivity contribution in [3.8, 4) is 5.75 Å². The fourth-order valence-electron chi connectivity index (χ4n) is 5.06. The van der Waals surface area contributed by atoms with E-state index in [1.807, 2.05) is 106 Å². The van der Waals surface area contributed by atoms with Crippen LogP contribution in [-0.4, -0.2) is 5.91 Å². The maximum Gasteiger partial charge on any atom is 0.295 e. The Balaban J connectivity index is 1.51. The molecule has 0 spiro atoms. The van der Waals surface area contributed by atoms with E-state index in [9.17, 15) is 9.59 Å². The van der Waals surface area contributed by atoms with Gasteiger partial charge in [-0.3, -0.25) is 14.5 Å². The van der Waals surface area contributed by atoms with E-state index in [1.165, 1.54) is 0 Å². The van der Waals surface area contributed by atoms with E-state index in [0.29, 0.717) is 34.6 Å². The van der Waals surface area contributed by atoms with Gasteiger partial charge in [-0.05, 0) is 79.4 Å². The molecule has 0 N–H and O–H groups in total. The zero-order valence-electron chi connectivity index (χ0n) is 21.5. The third-order valence-electron chi connectivity index (χ3n) is 7.22. The number of hydrogen-bond acceptors (Lipinski definition) is 4. The first-order valence-electron chi connectivity index (χ1n) is 12.7. The molecule has 1 amide bonds. The van der Waals surface area contributed by atoms with Crippen LogP contribution in [0.5, 0.6) is 5.75 Å². The van der Waals surface area contributed by atoms with Crippen molar-refractivity contribution in [3.05, 3.63) is 140 Å². The van der Waals surface area contributed by atoms with Crippen LogP contribution in [0.1, 0.15) is 50.0 Å². The normalized spacial score (nSPS) is 14.7. The molecule has 5 aromatic rings. The number of rotatable bonds is 5. The predicted molar refractivity (Wildman–Crippen MR) is 149 cm³/mol. The first-order valence-corrected chi connectivity index (χ1v) is 12.7. The Labute approximate surface area is 220 Å². The summed E-state index contributed by atoms with van der Waals surface area (Å²) in [6.45, 7) is 6.39. The number of anilines is 1. The Morgan fingerprint density at radius 1 is 0.816 bits per heavy atom. The molecular formula is C33H27NO4. The molecule has 5 heteroatoms. The number of fused-ring (bicyclic) bond motifs is 2. The lowest BCUT2D eigenvalue weighted by molar-refractivity contribution is 0.0971. The zero-order chi connectivity index (χ0) is 26.4. The molecule has 1 aromatic heterocycles. The van der Waals surface area contributed by atoms with E-state index in [4.69, 9.17) is 9.15 Å². The molecule has 1 aliphatic heterocycles. The third kappa shape index (κ3) is 4.06. The molecule has 2 heterocycles. The fraction of sp³-hybridized carbons (Fsp3) is 0.152. The number of ether oxygens (including phenoxy) is 1. The van der Waals surface area contributed by atoms with Gasteiger partial charge in [0.15, 0.2) is 5.43 Å². The summed E-state index contributed by atoms with van der Waals surface area (Å²) in [5.41, 5.74) is 6.26. The van der Waals surface area contributed by atoms with Crippen molar-refractivity contribution in [1.82, 2.24) is 0 Å². The number of aryl methyl sites for hydroxylation is 3. The van der Waals surface area contributed by atoms with Gasteiger partial charge in [0.25, 0.3) is 5.91 Å². The summed E-state index contributed by atoms with van der Waals surface area (Å²) in [5, 5.41) is 0.472. The van der Waals surface area contributed by atoms with Gasteiger partial charge in [0.05, 0.1) is 17.0 Å². The van der Waals surface area contributed by atoms with Crippen LogP contribution in [0.15, 0.2) is 100 Å². The quantitative estimate of drug-likeness (QED) is 0.259. The molecule has 0 saturated heterocycles. The first kappa shape index (κ1) is 23.7. The van der Waals surface area contributed by atoms with Gasteiger partial charge in [-0.25, -0.2) is 0 Å². The van der Waals surface area contributed by atoms with Crippen molar-refractivity contribution >= 4 is 22.6 Å². The summed E-state index contributed by atoms with van der Waals surface area (Å²) in [7, 11) is 0. The van der Waals surface area contributed by atoms with Crippen LogP contribution in [0, 0.1) is 20.8 Å². The van der Waals surface area contributed by atoms with E-state index in [-0.39, 0.29) is 17.1 Å². The molecule has 0 radical (unpaired) electrons. The minimum atomic E-state index is -0.652. The summed E-state index contributed by atoms with van der Waals surface area (Å²) in [6, 6.07) is 28.2. The highest BCUT2D eigenvalue weighted by Gasteiger charge is 2.43. The van der Waals surface area contributed by atoms with Crippen molar-refractivity contribution in [3.63, 3.8) is 0 Å².